The van der Waals surface area contributed by atoms with Gasteiger partial charge >= 0.3 is 0 Å². The molecule has 7 nitrogen and oxygen atoms in total. The molecular formula is C27H38N2O5S. The van der Waals surface area contributed by atoms with E-state index in [-0.39, 0.29) is 24.5 Å². The largest absolute Gasteiger partial charge is 0.598 e. The zero-order valence-corrected chi connectivity index (χ0v) is 22.4. The van der Waals surface area contributed by atoms with E-state index in [4.69, 9.17) is 14.2 Å². The molecule has 2 aromatic rings. The van der Waals surface area contributed by atoms with Crippen molar-refractivity contribution in [2.24, 2.45) is 5.92 Å². The van der Waals surface area contributed by atoms with Crippen molar-refractivity contribution in [3.05, 3.63) is 42.0 Å². The summed E-state index contributed by atoms with van der Waals surface area (Å²) in [6.07, 6.45) is 1.03. The van der Waals surface area contributed by atoms with Crippen LogP contribution in [0.15, 0.2) is 36.4 Å². The summed E-state index contributed by atoms with van der Waals surface area (Å²) in [5, 5.41) is 2.22. The highest BCUT2D eigenvalue weighted by atomic mass is 32.2. The molecule has 8 heteroatoms. The molecule has 1 amide bonds. The normalized spacial score (nSPS) is 22.8. The first-order valence-corrected chi connectivity index (χ1v) is 13.5. The molecule has 35 heavy (non-hydrogen) atoms. The minimum Gasteiger partial charge on any atom is -0.598 e. The minimum absolute atomic E-state index is 0.0138. The van der Waals surface area contributed by atoms with E-state index in [1.165, 1.54) is 0 Å². The average molecular weight is 503 g/mol. The van der Waals surface area contributed by atoms with Crippen LogP contribution >= 0.6 is 0 Å². The van der Waals surface area contributed by atoms with Crippen molar-refractivity contribution in [3.63, 3.8) is 0 Å². The van der Waals surface area contributed by atoms with E-state index in [0.29, 0.717) is 13.1 Å². The van der Waals surface area contributed by atoms with Crippen molar-refractivity contribution in [1.29, 1.82) is 0 Å². The van der Waals surface area contributed by atoms with Crippen LogP contribution in [0.25, 0.3) is 10.8 Å². The summed E-state index contributed by atoms with van der Waals surface area (Å²) in [7, 11) is 1.68. The van der Waals surface area contributed by atoms with E-state index < -0.39 is 28.0 Å². The lowest BCUT2D eigenvalue weighted by atomic mass is 9.84. The van der Waals surface area contributed by atoms with Crippen LogP contribution in [0, 0.1) is 5.92 Å². The van der Waals surface area contributed by atoms with Gasteiger partial charge in [-0.1, -0.05) is 24.3 Å². The zero-order valence-electron chi connectivity index (χ0n) is 21.6. The van der Waals surface area contributed by atoms with Crippen LogP contribution in [0.1, 0.15) is 59.1 Å². The van der Waals surface area contributed by atoms with E-state index in [2.05, 4.69) is 29.0 Å². The first-order chi connectivity index (χ1) is 16.5. The van der Waals surface area contributed by atoms with Crippen LogP contribution in [0.4, 0.5) is 0 Å². The lowest BCUT2D eigenvalue weighted by Gasteiger charge is -2.38. The monoisotopic (exact) mass is 502 g/mol. The fourth-order valence-electron chi connectivity index (χ4n) is 4.83. The number of piperidine rings is 1. The molecule has 0 saturated carbocycles. The maximum Gasteiger partial charge on any atom is 0.254 e. The second-order valence-corrected chi connectivity index (χ2v) is 12.9. The van der Waals surface area contributed by atoms with Gasteiger partial charge in [0.2, 0.25) is 0 Å². The molecule has 0 spiro atoms. The molecule has 1 unspecified atom stereocenters. The number of fused-ring (bicyclic) bond motifs is 1. The Morgan fingerprint density at radius 1 is 1.20 bits per heavy atom. The van der Waals surface area contributed by atoms with Gasteiger partial charge in [0, 0.05) is 30.0 Å². The number of likely N-dealkylation sites (tertiary alicyclic amines) is 1. The van der Waals surface area contributed by atoms with E-state index in [1.54, 1.807) is 7.11 Å². The summed E-state index contributed by atoms with van der Waals surface area (Å²) in [4.78, 5) is 14.9. The smallest absolute Gasteiger partial charge is 0.254 e. The maximum absolute atomic E-state index is 13.2. The third-order valence-electron chi connectivity index (χ3n) is 6.83. The van der Waals surface area contributed by atoms with E-state index in [0.717, 1.165) is 34.9 Å². The van der Waals surface area contributed by atoms with Gasteiger partial charge in [-0.05, 0) is 76.3 Å². The number of rotatable bonds is 6. The Morgan fingerprint density at radius 3 is 2.37 bits per heavy atom. The highest BCUT2D eigenvalue weighted by Gasteiger charge is 2.41. The predicted molar refractivity (Wildman–Crippen MR) is 138 cm³/mol. The van der Waals surface area contributed by atoms with Crippen LogP contribution in [-0.2, 0) is 25.6 Å². The minimum atomic E-state index is -1.26. The number of hydrogen-bond donors (Lipinski definition) is 1. The SMILES string of the molecule is COc1cc2ccccc2cc1C(N[S@@+]([O-])C(C)(C)C)C1CCN(C(=O)[C@H]2COC(C)(C)O2)CC1. The van der Waals surface area contributed by atoms with Crippen LogP contribution < -0.4 is 9.46 Å². The van der Waals surface area contributed by atoms with Crippen molar-refractivity contribution < 1.29 is 23.6 Å². The van der Waals surface area contributed by atoms with Gasteiger partial charge < -0.3 is 23.7 Å². The first kappa shape index (κ1) is 26.2. The number of carbonyl (C=O) groups is 1. The van der Waals surface area contributed by atoms with Crippen LogP contribution in [-0.4, -0.2) is 58.8 Å². The Morgan fingerprint density at radius 2 is 1.83 bits per heavy atom. The van der Waals surface area contributed by atoms with Gasteiger partial charge in [-0.25, -0.2) is 0 Å². The molecule has 1 N–H and O–H groups in total. The Kier molecular flexibility index (Phi) is 7.69. The number of carbonyl (C=O) groups excluding carboxylic acids is 1. The molecule has 3 atom stereocenters. The number of nitrogens with zero attached hydrogens (tertiary/aromatic N) is 1. The summed E-state index contributed by atoms with van der Waals surface area (Å²) in [6.45, 7) is 11.1. The van der Waals surface area contributed by atoms with Gasteiger partial charge in [0.15, 0.2) is 11.9 Å². The second kappa shape index (κ2) is 10.3. The van der Waals surface area contributed by atoms with Crippen molar-refractivity contribution in [3.8, 4) is 5.75 Å². The van der Waals surface area contributed by atoms with Gasteiger partial charge in [-0.15, -0.1) is 4.72 Å². The maximum atomic E-state index is 13.2. The topological polar surface area (TPSA) is 83.1 Å². The molecule has 0 aliphatic carbocycles. The molecule has 4 rings (SSSR count). The lowest BCUT2D eigenvalue weighted by molar-refractivity contribution is -0.161. The fraction of sp³-hybridized carbons (Fsp3) is 0.593. The molecule has 0 radical (unpaired) electrons. The molecule has 2 aliphatic rings. The summed E-state index contributed by atoms with van der Waals surface area (Å²) in [5.74, 6) is 0.235. The van der Waals surface area contributed by atoms with Crippen LogP contribution in [0.3, 0.4) is 0 Å². The lowest BCUT2D eigenvalue weighted by Crippen LogP contribution is -2.48. The summed E-state index contributed by atoms with van der Waals surface area (Å²) >= 11 is -1.26. The number of methoxy groups -OCH3 is 1. The number of nitrogens with one attached hydrogen (secondary N) is 1. The number of benzene rings is 2. The average Bonchev–Trinajstić information content (AvgIpc) is 3.20. The molecule has 0 aromatic heterocycles. The van der Waals surface area contributed by atoms with E-state index in [9.17, 15) is 9.35 Å². The Hall–Kier alpha value is -1.84. The quantitative estimate of drug-likeness (QED) is 0.592. The summed E-state index contributed by atoms with van der Waals surface area (Å²) < 4.78 is 33.4. The predicted octanol–water partition coefficient (Wildman–Crippen LogP) is 4.33. The number of hydrogen-bond acceptors (Lipinski definition) is 6. The standard InChI is InChI=1S/C27H38N2O5S/c1-26(2,3)35(31)28-24(21-15-19-9-7-8-10-20(19)16-22(21)32-6)18-11-13-29(14-12-18)25(30)23-17-33-27(4,5)34-23/h7-10,15-16,18,23-24,28H,11-14,17H2,1-6H3/t23-,24?,35+/m1/s1. The molecule has 2 fully saturated rings. The van der Waals surface area contributed by atoms with Crippen molar-refractivity contribution in [1.82, 2.24) is 9.62 Å². The molecule has 192 valence electrons. The third-order valence-corrected chi connectivity index (χ3v) is 8.41. The fourth-order valence-corrected chi connectivity index (χ4v) is 5.73. The number of ether oxygens (including phenoxy) is 3. The summed E-state index contributed by atoms with van der Waals surface area (Å²) in [6, 6.07) is 12.2. The van der Waals surface area contributed by atoms with Crippen LogP contribution in [0.5, 0.6) is 5.75 Å². The third kappa shape index (κ3) is 5.94. The van der Waals surface area contributed by atoms with Crippen molar-refractivity contribution in [2.75, 3.05) is 26.8 Å². The molecule has 2 aliphatic heterocycles. The van der Waals surface area contributed by atoms with Crippen molar-refractivity contribution >= 4 is 28.0 Å². The highest BCUT2D eigenvalue weighted by Crippen LogP contribution is 2.39. The van der Waals surface area contributed by atoms with Gasteiger partial charge in [-0.3, -0.25) is 4.79 Å². The van der Waals surface area contributed by atoms with Crippen LogP contribution in [0.2, 0.25) is 0 Å². The van der Waals surface area contributed by atoms with Gasteiger partial charge in [0.05, 0.1) is 19.8 Å². The Balaban J connectivity index is 1.57. The first-order valence-electron chi connectivity index (χ1n) is 12.3. The van der Waals surface area contributed by atoms with E-state index >= 15 is 0 Å². The number of amides is 1. The van der Waals surface area contributed by atoms with E-state index in [1.807, 2.05) is 51.7 Å². The Labute approximate surface area is 211 Å². The van der Waals surface area contributed by atoms with Gasteiger partial charge in [0.1, 0.15) is 10.5 Å². The van der Waals surface area contributed by atoms with Gasteiger partial charge in [0.25, 0.3) is 5.91 Å². The highest BCUT2D eigenvalue weighted by molar-refractivity contribution is 7.90. The summed E-state index contributed by atoms with van der Waals surface area (Å²) in [5.41, 5.74) is 1.00. The van der Waals surface area contributed by atoms with Crippen molar-refractivity contribution in [2.45, 2.75) is 70.1 Å². The van der Waals surface area contributed by atoms with Gasteiger partial charge in [-0.2, -0.15) is 0 Å². The molecule has 2 saturated heterocycles. The molecule has 0 bridgehead atoms. The molecule has 2 aromatic carbocycles. The zero-order chi connectivity index (χ0) is 25.4. The second-order valence-electron chi connectivity index (χ2n) is 10.9. The molecular weight excluding hydrogens is 464 g/mol. The molecule has 2 heterocycles. The Bertz CT molecular complexity index is 1050.